The van der Waals surface area contributed by atoms with Gasteiger partial charge in [0.2, 0.25) is 0 Å². The number of hydrogen-bond donors (Lipinski definition) is 1. The van der Waals surface area contributed by atoms with Gasteiger partial charge >= 0.3 is 0 Å². The smallest absolute Gasteiger partial charge is 0.260 e. The maximum Gasteiger partial charge on any atom is 0.260 e. The molecular formula is C16H13ClFN3O. The van der Waals surface area contributed by atoms with Crippen LogP contribution in [0.4, 0.5) is 10.1 Å². The zero-order valence-electron chi connectivity index (χ0n) is 12.0. The monoisotopic (exact) mass is 317 g/mol. The number of pyridine rings is 1. The largest absolute Gasteiger partial charge is 0.319 e. The van der Waals surface area contributed by atoms with Crippen LogP contribution in [0.15, 0.2) is 36.5 Å². The standard InChI is InChI=1S/C16H13ClFN3O/c1-9-10(2)21-8-4-7-13(15(21)19-9)20-16(22)14-11(17)5-3-6-12(14)18/h3-8H,1-2H3,(H,20,22). The number of imidazole rings is 1. The first kappa shape index (κ1) is 14.5. The van der Waals surface area contributed by atoms with Gasteiger partial charge in [0.1, 0.15) is 5.82 Å². The number of fused-ring (bicyclic) bond motifs is 1. The molecule has 0 atom stereocenters. The third-order valence-corrected chi connectivity index (χ3v) is 3.88. The van der Waals surface area contributed by atoms with Crippen LogP contribution in [0, 0.1) is 19.7 Å². The minimum atomic E-state index is -0.660. The van der Waals surface area contributed by atoms with Gasteiger partial charge in [-0.3, -0.25) is 4.79 Å². The van der Waals surface area contributed by atoms with Gasteiger partial charge in [0.05, 0.1) is 22.0 Å². The summed E-state index contributed by atoms with van der Waals surface area (Å²) in [4.78, 5) is 16.7. The number of carbonyl (C=O) groups excluding carboxylic acids is 1. The highest BCUT2D eigenvalue weighted by Crippen LogP contribution is 2.23. The molecule has 0 saturated heterocycles. The number of carbonyl (C=O) groups is 1. The van der Waals surface area contributed by atoms with Gasteiger partial charge in [-0.25, -0.2) is 9.37 Å². The average Bonchev–Trinajstić information content (AvgIpc) is 2.76. The molecule has 0 bridgehead atoms. The van der Waals surface area contributed by atoms with Crippen LogP contribution in [0.2, 0.25) is 5.02 Å². The second kappa shape index (κ2) is 5.42. The lowest BCUT2D eigenvalue weighted by Gasteiger charge is -2.09. The first-order chi connectivity index (χ1) is 10.5. The molecule has 0 saturated carbocycles. The van der Waals surface area contributed by atoms with Crippen LogP contribution in [0.5, 0.6) is 0 Å². The van der Waals surface area contributed by atoms with Gasteiger partial charge in [-0.15, -0.1) is 0 Å². The van der Waals surface area contributed by atoms with Crippen LogP contribution in [-0.2, 0) is 0 Å². The van der Waals surface area contributed by atoms with Crippen molar-refractivity contribution in [3.8, 4) is 0 Å². The molecule has 0 aliphatic heterocycles. The molecule has 3 aromatic rings. The lowest BCUT2D eigenvalue weighted by molar-refractivity contribution is 0.102. The van der Waals surface area contributed by atoms with E-state index in [-0.39, 0.29) is 10.6 Å². The number of aromatic nitrogens is 2. The number of rotatable bonds is 2. The molecule has 6 heteroatoms. The number of aryl methyl sites for hydroxylation is 2. The van der Waals surface area contributed by atoms with Crippen molar-refractivity contribution in [2.75, 3.05) is 5.32 Å². The molecule has 1 N–H and O–H groups in total. The summed E-state index contributed by atoms with van der Waals surface area (Å²) < 4.78 is 15.7. The molecule has 0 unspecified atom stereocenters. The van der Waals surface area contributed by atoms with Crippen molar-refractivity contribution in [3.05, 3.63) is 64.3 Å². The Kier molecular flexibility index (Phi) is 3.58. The summed E-state index contributed by atoms with van der Waals surface area (Å²) in [7, 11) is 0. The Hall–Kier alpha value is -2.40. The Morgan fingerprint density at radius 3 is 2.77 bits per heavy atom. The van der Waals surface area contributed by atoms with Crippen LogP contribution in [0.1, 0.15) is 21.7 Å². The lowest BCUT2D eigenvalue weighted by Crippen LogP contribution is -2.15. The van der Waals surface area contributed by atoms with Crippen molar-refractivity contribution in [3.63, 3.8) is 0 Å². The van der Waals surface area contributed by atoms with Crippen molar-refractivity contribution in [2.24, 2.45) is 0 Å². The summed E-state index contributed by atoms with van der Waals surface area (Å²) in [5.74, 6) is -1.26. The Bertz CT molecular complexity index is 868. The number of amides is 1. The molecule has 0 spiro atoms. The highest BCUT2D eigenvalue weighted by molar-refractivity contribution is 6.34. The Morgan fingerprint density at radius 2 is 2.05 bits per heavy atom. The Morgan fingerprint density at radius 1 is 1.27 bits per heavy atom. The maximum atomic E-state index is 13.8. The maximum absolute atomic E-state index is 13.8. The van der Waals surface area contributed by atoms with E-state index in [2.05, 4.69) is 10.3 Å². The van der Waals surface area contributed by atoms with Crippen molar-refractivity contribution in [1.82, 2.24) is 9.38 Å². The minimum Gasteiger partial charge on any atom is -0.319 e. The van der Waals surface area contributed by atoms with E-state index >= 15 is 0 Å². The zero-order valence-corrected chi connectivity index (χ0v) is 12.8. The third-order valence-electron chi connectivity index (χ3n) is 3.56. The molecule has 22 heavy (non-hydrogen) atoms. The first-order valence-corrected chi connectivity index (χ1v) is 7.06. The summed E-state index contributed by atoms with van der Waals surface area (Å²) in [6.07, 6.45) is 1.86. The van der Waals surface area contributed by atoms with E-state index < -0.39 is 11.7 Å². The normalized spacial score (nSPS) is 10.9. The molecule has 1 aromatic carbocycles. The van der Waals surface area contributed by atoms with Gasteiger partial charge in [0.25, 0.3) is 5.91 Å². The molecule has 0 aliphatic carbocycles. The lowest BCUT2D eigenvalue weighted by atomic mass is 10.2. The van der Waals surface area contributed by atoms with Crippen LogP contribution < -0.4 is 5.32 Å². The Balaban J connectivity index is 2.04. The summed E-state index contributed by atoms with van der Waals surface area (Å²) in [6.45, 7) is 3.83. The number of anilines is 1. The molecule has 2 heterocycles. The first-order valence-electron chi connectivity index (χ1n) is 6.68. The van der Waals surface area contributed by atoms with Crippen LogP contribution >= 0.6 is 11.6 Å². The highest BCUT2D eigenvalue weighted by atomic mass is 35.5. The van der Waals surface area contributed by atoms with Crippen molar-refractivity contribution < 1.29 is 9.18 Å². The fourth-order valence-electron chi connectivity index (χ4n) is 2.30. The molecule has 1 amide bonds. The number of nitrogens with zero attached hydrogens (tertiary/aromatic N) is 2. The van der Waals surface area contributed by atoms with Crippen molar-refractivity contribution in [2.45, 2.75) is 13.8 Å². The van der Waals surface area contributed by atoms with E-state index in [0.29, 0.717) is 11.3 Å². The van der Waals surface area contributed by atoms with Gasteiger partial charge < -0.3 is 9.72 Å². The summed E-state index contributed by atoms with van der Waals surface area (Å²) in [6, 6.07) is 7.64. The van der Waals surface area contributed by atoms with Crippen LogP contribution in [0.25, 0.3) is 5.65 Å². The molecule has 0 radical (unpaired) electrons. The number of nitrogens with one attached hydrogen (secondary N) is 1. The summed E-state index contributed by atoms with van der Waals surface area (Å²) in [5, 5.41) is 2.75. The molecule has 4 nitrogen and oxygen atoms in total. The van der Waals surface area contributed by atoms with Gasteiger partial charge in [-0.05, 0) is 38.1 Å². The van der Waals surface area contributed by atoms with E-state index in [0.717, 1.165) is 11.4 Å². The van der Waals surface area contributed by atoms with Crippen molar-refractivity contribution in [1.29, 1.82) is 0 Å². The van der Waals surface area contributed by atoms with Crippen LogP contribution in [-0.4, -0.2) is 15.3 Å². The average molecular weight is 318 g/mol. The molecule has 0 aliphatic rings. The van der Waals surface area contributed by atoms with Crippen molar-refractivity contribution >= 4 is 28.8 Å². The zero-order chi connectivity index (χ0) is 15.9. The second-order valence-corrected chi connectivity index (χ2v) is 5.36. The van der Waals surface area contributed by atoms with Gasteiger partial charge in [0.15, 0.2) is 5.65 Å². The quantitative estimate of drug-likeness (QED) is 0.776. The van der Waals surface area contributed by atoms with E-state index in [1.807, 2.05) is 24.4 Å². The van der Waals surface area contributed by atoms with E-state index in [1.54, 1.807) is 12.1 Å². The summed E-state index contributed by atoms with van der Waals surface area (Å²) >= 11 is 5.92. The van der Waals surface area contributed by atoms with Gasteiger partial charge in [0, 0.05) is 11.9 Å². The van der Waals surface area contributed by atoms with E-state index in [1.165, 1.54) is 18.2 Å². The van der Waals surface area contributed by atoms with E-state index in [4.69, 9.17) is 11.6 Å². The number of benzene rings is 1. The second-order valence-electron chi connectivity index (χ2n) is 4.95. The Labute approximate surface area is 131 Å². The molecular weight excluding hydrogens is 305 g/mol. The molecule has 3 rings (SSSR count). The van der Waals surface area contributed by atoms with E-state index in [9.17, 15) is 9.18 Å². The predicted molar refractivity (Wildman–Crippen MR) is 84.0 cm³/mol. The third kappa shape index (κ3) is 2.33. The van der Waals surface area contributed by atoms with Gasteiger partial charge in [-0.2, -0.15) is 0 Å². The number of halogens is 2. The van der Waals surface area contributed by atoms with Crippen LogP contribution in [0.3, 0.4) is 0 Å². The molecule has 112 valence electrons. The number of hydrogen-bond acceptors (Lipinski definition) is 2. The molecule has 0 fully saturated rings. The minimum absolute atomic E-state index is 0.0696. The summed E-state index contributed by atoms with van der Waals surface area (Å²) in [5.41, 5.74) is 2.79. The fraction of sp³-hybridized carbons (Fsp3) is 0.125. The predicted octanol–water partition coefficient (Wildman–Crippen LogP) is 4.00. The fourth-order valence-corrected chi connectivity index (χ4v) is 2.55. The molecule has 2 aromatic heterocycles. The van der Waals surface area contributed by atoms with Gasteiger partial charge in [-0.1, -0.05) is 17.7 Å². The topological polar surface area (TPSA) is 46.4 Å². The highest BCUT2D eigenvalue weighted by Gasteiger charge is 2.17. The SMILES string of the molecule is Cc1nc2c(NC(=O)c3c(F)cccc3Cl)cccn2c1C.